The molecule has 4 heteroatoms. The van der Waals surface area contributed by atoms with Crippen LogP contribution in [0.25, 0.3) is 0 Å². The fraction of sp³-hybridized carbons (Fsp3) is 0.500. The Morgan fingerprint density at radius 2 is 2.00 bits per heavy atom. The minimum atomic E-state index is -0.0805. The predicted octanol–water partition coefficient (Wildman–Crippen LogP) is 2.61. The van der Waals surface area contributed by atoms with E-state index in [9.17, 15) is 4.79 Å². The molecule has 0 spiro atoms. The van der Waals surface area contributed by atoms with Crippen LogP contribution in [0.5, 0.6) is 5.75 Å². The Labute approximate surface area is 108 Å². The summed E-state index contributed by atoms with van der Waals surface area (Å²) in [6.07, 6.45) is 3.42. The van der Waals surface area contributed by atoms with E-state index in [2.05, 4.69) is 10.6 Å². The number of amides is 2. The third kappa shape index (κ3) is 3.15. The highest BCUT2D eigenvalue weighted by Gasteiger charge is 2.20. The number of urea groups is 1. The lowest BCUT2D eigenvalue weighted by Gasteiger charge is -2.27. The number of benzene rings is 1. The van der Waals surface area contributed by atoms with Crippen molar-refractivity contribution < 1.29 is 9.53 Å². The van der Waals surface area contributed by atoms with Gasteiger partial charge in [-0.1, -0.05) is 12.1 Å². The van der Waals surface area contributed by atoms with E-state index in [0.29, 0.717) is 6.04 Å². The average Bonchev–Trinajstić information content (AvgIpc) is 2.34. The van der Waals surface area contributed by atoms with Crippen LogP contribution in [-0.4, -0.2) is 19.2 Å². The Morgan fingerprint density at radius 1 is 1.33 bits per heavy atom. The summed E-state index contributed by atoms with van der Waals surface area (Å²) in [6, 6.07) is 8.02. The molecule has 18 heavy (non-hydrogen) atoms. The number of ether oxygens (including phenoxy) is 1. The maximum atomic E-state index is 11.7. The number of nitrogens with one attached hydrogen (secondary N) is 2. The van der Waals surface area contributed by atoms with Gasteiger partial charge in [0.15, 0.2) is 0 Å². The first-order valence-corrected chi connectivity index (χ1v) is 6.40. The summed E-state index contributed by atoms with van der Waals surface area (Å²) in [5, 5.41) is 5.91. The molecule has 1 aromatic carbocycles. The molecule has 98 valence electrons. The van der Waals surface area contributed by atoms with Crippen LogP contribution in [0.4, 0.5) is 4.79 Å². The fourth-order valence-electron chi connectivity index (χ4n) is 1.95. The van der Waals surface area contributed by atoms with Crippen molar-refractivity contribution in [1.82, 2.24) is 10.6 Å². The van der Waals surface area contributed by atoms with E-state index >= 15 is 0 Å². The molecule has 0 heterocycles. The SMILES string of the molecule is COc1ccc(C(C)NC(=O)NC2CCC2)cc1. The second kappa shape index (κ2) is 5.76. The number of hydrogen-bond acceptors (Lipinski definition) is 2. The van der Waals surface area contributed by atoms with Crippen LogP contribution in [0.3, 0.4) is 0 Å². The third-order valence-corrected chi connectivity index (χ3v) is 3.40. The minimum absolute atomic E-state index is 0.00372. The molecule has 1 aromatic rings. The Bertz CT molecular complexity index is 399. The van der Waals surface area contributed by atoms with Gasteiger partial charge in [0.05, 0.1) is 13.2 Å². The molecule has 2 rings (SSSR count). The number of rotatable bonds is 4. The highest BCUT2D eigenvalue weighted by molar-refractivity contribution is 5.74. The molecule has 1 aliphatic carbocycles. The lowest BCUT2D eigenvalue weighted by molar-refractivity contribution is 0.225. The van der Waals surface area contributed by atoms with Crippen molar-refractivity contribution in [1.29, 1.82) is 0 Å². The Hall–Kier alpha value is -1.71. The second-order valence-electron chi connectivity index (χ2n) is 4.74. The zero-order chi connectivity index (χ0) is 13.0. The molecule has 2 amide bonds. The molecule has 4 nitrogen and oxygen atoms in total. The predicted molar refractivity (Wildman–Crippen MR) is 70.7 cm³/mol. The average molecular weight is 248 g/mol. The summed E-state index contributed by atoms with van der Waals surface area (Å²) in [6.45, 7) is 1.97. The van der Waals surface area contributed by atoms with Crippen LogP contribution in [0, 0.1) is 0 Å². The standard InChI is InChI=1S/C14H20N2O2/c1-10(11-6-8-13(18-2)9-7-11)15-14(17)16-12-4-3-5-12/h6-10,12H,3-5H2,1-2H3,(H2,15,16,17). The Balaban J connectivity index is 1.85. The maximum absolute atomic E-state index is 11.7. The Morgan fingerprint density at radius 3 is 2.50 bits per heavy atom. The molecule has 0 aromatic heterocycles. The first-order chi connectivity index (χ1) is 8.69. The van der Waals surface area contributed by atoms with Gasteiger partial charge in [0.2, 0.25) is 0 Å². The molecule has 0 bridgehead atoms. The topological polar surface area (TPSA) is 50.4 Å². The molecule has 1 unspecified atom stereocenters. The van der Waals surface area contributed by atoms with Gasteiger partial charge >= 0.3 is 6.03 Å². The summed E-state index contributed by atoms with van der Waals surface area (Å²) in [7, 11) is 1.64. The van der Waals surface area contributed by atoms with Crippen LogP contribution in [0.2, 0.25) is 0 Å². The van der Waals surface area contributed by atoms with Crippen LogP contribution in [0.15, 0.2) is 24.3 Å². The fourth-order valence-corrected chi connectivity index (χ4v) is 1.95. The first kappa shape index (κ1) is 12.7. The van der Waals surface area contributed by atoms with Gasteiger partial charge in [-0.3, -0.25) is 0 Å². The first-order valence-electron chi connectivity index (χ1n) is 6.40. The van der Waals surface area contributed by atoms with Crippen molar-refractivity contribution in [2.24, 2.45) is 0 Å². The number of hydrogen-bond donors (Lipinski definition) is 2. The van der Waals surface area contributed by atoms with Crippen molar-refractivity contribution in [3.63, 3.8) is 0 Å². The van der Waals surface area contributed by atoms with Crippen LogP contribution >= 0.6 is 0 Å². The number of carbonyl (C=O) groups is 1. The van der Waals surface area contributed by atoms with E-state index in [0.717, 1.165) is 24.2 Å². The van der Waals surface area contributed by atoms with Gasteiger partial charge in [-0.15, -0.1) is 0 Å². The van der Waals surface area contributed by atoms with Crippen LogP contribution in [0.1, 0.15) is 37.8 Å². The zero-order valence-electron chi connectivity index (χ0n) is 10.9. The molecule has 1 saturated carbocycles. The quantitative estimate of drug-likeness (QED) is 0.860. The molecule has 2 N–H and O–H groups in total. The maximum Gasteiger partial charge on any atom is 0.315 e. The van der Waals surface area contributed by atoms with E-state index in [4.69, 9.17) is 4.74 Å². The zero-order valence-corrected chi connectivity index (χ0v) is 10.9. The van der Waals surface area contributed by atoms with Crippen LogP contribution < -0.4 is 15.4 Å². The largest absolute Gasteiger partial charge is 0.497 e. The summed E-state index contributed by atoms with van der Waals surface area (Å²) < 4.78 is 5.11. The molecule has 0 radical (unpaired) electrons. The smallest absolute Gasteiger partial charge is 0.315 e. The lowest BCUT2D eigenvalue weighted by Crippen LogP contribution is -2.45. The summed E-state index contributed by atoms with van der Waals surface area (Å²) in [5.41, 5.74) is 1.07. The molecular formula is C14H20N2O2. The summed E-state index contributed by atoms with van der Waals surface area (Å²) >= 11 is 0. The van der Waals surface area contributed by atoms with Gasteiger partial charge in [-0.05, 0) is 43.9 Å². The monoisotopic (exact) mass is 248 g/mol. The molecule has 1 atom stereocenters. The van der Waals surface area contributed by atoms with E-state index < -0.39 is 0 Å². The van der Waals surface area contributed by atoms with Gasteiger partial charge < -0.3 is 15.4 Å². The molecule has 1 aliphatic rings. The van der Waals surface area contributed by atoms with E-state index in [1.165, 1.54) is 6.42 Å². The van der Waals surface area contributed by atoms with Crippen molar-refractivity contribution in [2.75, 3.05) is 7.11 Å². The van der Waals surface area contributed by atoms with E-state index in [1.807, 2.05) is 31.2 Å². The number of methoxy groups -OCH3 is 1. The van der Waals surface area contributed by atoms with Crippen molar-refractivity contribution in [3.8, 4) is 5.75 Å². The van der Waals surface area contributed by atoms with Gasteiger partial charge in [0.25, 0.3) is 0 Å². The van der Waals surface area contributed by atoms with Gasteiger partial charge in [-0.25, -0.2) is 4.79 Å². The van der Waals surface area contributed by atoms with Crippen LogP contribution in [-0.2, 0) is 0 Å². The normalized spacial score (nSPS) is 16.6. The molecule has 0 aliphatic heterocycles. The number of carbonyl (C=O) groups excluding carboxylic acids is 1. The highest BCUT2D eigenvalue weighted by atomic mass is 16.5. The molecule has 0 saturated heterocycles. The lowest BCUT2D eigenvalue weighted by atomic mass is 9.93. The van der Waals surface area contributed by atoms with Gasteiger partial charge in [0.1, 0.15) is 5.75 Å². The molecule has 1 fully saturated rings. The van der Waals surface area contributed by atoms with Crippen molar-refractivity contribution >= 4 is 6.03 Å². The highest BCUT2D eigenvalue weighted by Crippen LogP contribution is 2.19. The van der Waals surface area contributed by atoms with Gasteiger partial charge in [0, 0.05) is 6.04 Å². The third-order valence-electron chi connectivity index (χ3n) is 3.40. The molecular weight excluding hydrogens is 228 g/mol. The summed E-state index contributed by atoms with van der Waals surface area (Å²) in [4.78, 5) is 11.7. The summed E-state index contributed by atoms with van der Waals surface area (Å²) in [5.74, 6) is 0.824. The minimum Gasteiger partial charge on any atom is -0.497 e. The van der Waals surface area contributed by atoms with E-state index in [1.54, 1.807) is 7.11 Å². The van der Waals surface area contributed by atoms with Gasteiger partial charge in [-0.2, -0.15) is 0 Å². The Kier molecular flexibility index (Phi) is 4.07. The van der Waals surface area contributed by atoms with Crippen molar-refractivity contribution in [3.05, 3.63) is 29.8 Å². The van der Waals surface area contributed by atoms with Crippen molar-refractivity contribution in [2.45, 2.75) is 38.3 Å². The van der Waals surface area contributed by atoms with E-state index in [-0.39, 0.29) is 12.1 Å². The second-order valence-corrected chi connectivity index (χ2v) is 4.74.